The number of rotatable bonds is 11. The number of nitrogens with one attached hydrogen (secondary N) is 2. The van der Waals surface area contributed by atoms with Crippen LogP contribution in [-0.4, -0.2) is 70.6 Å². The predicted molar refractivity (Wildman–Crippen MR) is 142 cm³/mol. The first kappa shape index (κ1) is 27.4. The maximum absolute atomic E-state index is 5.96. The quantitative estimate of drug-likeness (QED) is 0.182. The van der Waals surface area contributed by atoms with Gasteiger partial charge >= 0.3 is 0 Å². The number of aliphatic imine (C=N–C) groups is 1. The van der Waals surface area contributed by atoms with Gasteiger partial charge < -0.3 is 29.3 Å². The monoisotopic (exact) mass is 572 g/mol. The molecule has 1 aromatic heterocycles. The zero-order chi connectivity index (χ0) is 22.6. The molecule has 1 atom stereocenters. The lowest BCUT2D eigenvalue weighted by Crippen LogP contribution is -2.40. The minimum atomic E-state index is 0. The summed E-state index contributed by atoms with van der Waals surface area (Å²) < 4.78 is 22.4. The highest BCUT2D eigenvalue weighted by Crippen LogP contribution is 2.24. The number of aryl methyl sites for hydroxylation is 1. The number of hydrogen-bond donors (Lipinski definition) is 2. The van der Waals surface area contributed by atoms with Gasteiger partial charge in [0.2, 0.25) is 0 Å². The van der Waals surface area contributed by atoms with Crippen LogP contribution >= 0.6 is 24.0 Å². The molecule has 1 unspecified atom stereocenters. The molecule has 0 bridgehead atoms. The number of anilines is 1. The van der Waals surface area contributed by atoms with Crippen LogP contribution < -0.4 is 15.4 Å². The Hall–Kier alpha value is -1.82. The molecule has 0 aliphatic carbocycles. The van der Waals surface area contributed by atoms with Gasteiger partial charge in [0.05, 0.1) is 32.4 Å². The average molecular weight is 572 g/mol. The SMILES string of the molecule is CCNC(=NCC(c1ccc(C)o1)N1CCOCC1)Nc1cccc(OCCCOC)c1.I. The molecule has 184 valence electrons. The Morgan fingerprint density at radius 1 is 1.18 bits per heavy atom. The fourth-order valence-electron chi connectivity index (χ4n) is 3.59. The van der Waals surface area contributed by atoms with Crippen molar-refractivity contribution in [1.82, 2.24) is 10.2 Å². The Morgan fingerprint density at radius 3 is 2.70 bits per heavy atom. The molecule has 3 rings (SSSR count). The van der Waals surface area contributed by atoms with Crippen LogP contribution in [0, 0.1) is 6.92 Å². The normalized spacial score (nSPS) is 15.5. The van der Waals surface area contributed by atoms with E-state index in [2.05, 4.69) is 28.5 Å². The van der Waals surface area contributed by atoms with E-state index in [4.69, 9.17) is 23.6 Å². The van der Waals surface area contributed by atoms with Crippen molar-refractivity contribution < 1.29 is 18.6 Å². The highest BCUT2D eigenvalue weighted by molar-refractivity contribution is 14.0. The minimum Gasteiger partial charge on any atom is -0.493 e. The Bertz CT molecular complexity index is 839. The molecule has 33 heavy (non-hydrogen) atoms. The highest BCUT2D eigenvalue weighted by Gasteiger charge is 2.25. The maximum Gasteiger partial charge on any atom is 0.195 e. The Balaban J connectivity index is 0.00000385. The first-order valence-corrected chi connectivity index (χ1v) is 11.3. The fraction of sp³-hybridized carbons (Fsp3) is 0.542. The summed E-state index contributed by atoms with van der Waals surface area (Å²) in [5.41, 5.74) is 0.922. The highest BCUT2D eigenvalue weighted by atomic mass is 127. The minimum absolute atomic E-state index is 0. The summed E-state index contributed by atoms with van der Waals surface area (Å²) in [7, 11) is 1.70. The number of nitrogens with zero attached hydrogens (tertiary/aromatic N) is 2. The van der Waals surface area contributed by atoms with Crippen molar-refractivity contribution in [3.05, 3.63) is 47.9 Å². The molecule has 2 aromatic rings. The van der Waals surface area contributed by atoms with Crippen LogP contribution in [0.25, 0.3) is 0 Å². The van der Waals surface area contributed by atoms with Gasteiger partial charge in [0, 0.05) is 51.5 Å². The van der Waals surface area contributed by atoms with E-state index in [1.807, 2.05) is 37.3 Å². The molecule has 9 heteroatoms. The van der Waals surface area contributed by atoms with Crippen LogP contribution in [0.3, 0.4) is 0 Å². The number of furan rings is 1. The van der Waals surface area contributed by atoms with E-state index in [9.17, 15) is 0 Å². The molecule has 1 fully saturated rings. The molecule has 1 aliphatic rings. The van der Waals surface area contributed by atoms with Gasteiger partial charge in [0.25, 0.3) is 0 Å². The van der Waals surface area contributed by atoms with Crippen LogP contribution in [0.1, 0.15) is 30.9 Å². The summed E-state index contributed by atoms with van der Waals surface area (Å²) in [6, 6.07) is 12.0. The molecule has 2 N–H and O–H groups in total. The molecule has 0 spiro atoms. The number of guanidine groups is 1. The second-order valence-electron chi connectivity index (χ2n) is 7.68. The van der Waals surface area contributed by atoms with Crippen molar-refractivity contribution in [2.45, 2.75) is 26.3 Å². The molecule has 0 saturated carbocycles. The first-order chi connectivity index (χ1) is 15.7. The lowest BCUT2D eigenvalue weighted by atomic mass is 10.1. The Kier molecular flexibility index (Phi) is 12.6. The zero-order valence-corrected chi connectivity index (χ0v) is 22.2. The van der Waals surface area contributed by atoms with Gasteiger partial charge in [0.15, 0.2) is 5.96 Å². The molecular weight excluding hydrogens is 535 g/mol. The van der Waals surface area contributed by atoms with E-state index in [0.29, 0.717) is 19.8 Å². The number of hydrogen-bond acceptors (Lipinski definition) is 6. The molecule has 1 aliphatic heterocycles. The first-order valence-electron chi connectivity index (χ1n) is 11.3. The zero-order valence-electron chi connectivity index (χ0n) is 19.8. The van der Waals surface area contributed by atoms with Gasteiger partial charge in [-0.1, -0.05) is 6.07 Å². The molecule has 1 aromatic carbocycles. The third-order valence-electron chi connectivity index (χ3n) is 5.20. The summed E-state index contributed by atoms with van der Waals surface area (Å²) in [6.45, 7) is 9.88. The van der Waals surface area contributed by atoms with Gasteiger partial charge in [-0.25, -0.2) is 0 Å². The van der Waals surface area contributed by atoms with E-state index in [0.717, 1.165) is 68.2 Å². The van der Waals surface area contributed by atoms with Crippen LogP contribution in [0.15, 0.2) is 45.8 Å². The lowest BCUT2D eigenvalue weighted by Gasteiger charge is -2.32. The third-order valence-corrected chi connectivity index (χ3v) is 5.20. The molecule has 2 heterocycles. The van der Waals surface area contributed by atoms with Crippen molar-refractivity contribution in [1.29, 1.82) is 0 Å². The van der Waals surface area contributed by atoms with E-state index in [1.54, 1.807) is 7.11 Å². The van der Waals surface area contributed by atoms with Crippen LogP contribution in [0.2, 0.25) is 0 Å². The molecular formula is C24H37IN4O4. The summed E-state index contributed by atoms with van der Waals surface area (Å²) in [5, 5.41) is 6.73. The smallest absolute Gasteiger partial charge is 0.195 e. The number of methoxy groups -OCH3 is 1. The second kappa shape index (κ2) is 15.2. The number of benzene rings is 1. The topological polar surface area (TPSA) is 80.5 Å². The summed E-state index contributed by atoms with van der Waals surface area (Å²) >= 11 is 0. The fourth-order valence-corrected chi connectivity index (χ4v) is 3.59. The summed E-state index contributed by atoms with van der Waals surface area (Å²) in [6.07, 6.45) is 0.855. The summed E-state index contributed by atoms with van der Waals surface area (Å²) in [5.74, 6) is 3.40. The van der Waals surface area contributed by atoms with Crippen molar-refractivity contribution in [2.75, 3.05) is 65.0 Å². The van der Waals surface area contributed by atoms with E-state index in [1.165, 1.54) is 0 Å². The largest absolute Gasteiger partial charge is 0.493 e. The second-order valence-corrected chi connectivity index (χ2v) is 7.68. The van der Waals surface area contributed by atoms with E-state index in [-0.39, 0.29) is 30.0 Å². The van der Waals surface area contributed by atoms with Gasteiger partial charge in [-0.2, -0.15) is 0 Å². The van der Waals surface area contributed by atoms with Crippen molar-refractivity contribution in [3.8, 4) is 5.75 Å². The number of halogens is 1. The van der Waals surface area contributed by atoms with Crippen molar-refractivity contribution in [3.63, 3.8) is 0 Å². The Labute approximate surface area is 214 Å². The van der Waals surface area contributed by atoms with Gasteiger partial charge in [0.1, 0.15) is 17.3 Å². The van der Waals surface area contributed by atoms with Gasteiger partial charge in [-0.05, 0) is 38.1 Å². The van der Waals surface area contributed by atoms with E-state index >= 15 is 0 Å². The van der Waals surface area contributed by atoms with E-state index < -0.39 is 0 Å². The van der Waals surface area contributed by atoms with Crippen LogP contribution in [-0.2, 0) is 9.47 Å². The number of morpholine rings is 1. The molecule has 8 nitrogen and oxygen atoms in total. The molecule has 1 saturated heterocycles. The molecule has 0 radical (unpaired) electrons. The molecule has 0 amide bonds. The third kappa shape index (κ3) is 9.15. The predicted octanol–water partition coefficient (Wildman–Crippen LogP) is 4.07. The van der Waals surface area contributed by atoms with Gasteiger partial charge in [-0.3, -0.25) is 9.89 Å². The van der Waals surface area contributed by atoms with Gasteiger partial charge in [-0.15, -0.1) is 24.0 Å². The Morgan fingerprint density at radius 2 is 2.00 bits per heavy atom. The van der Waals surface area contributed by atoms with Crippen LogP contribution in [0.4, 0.5) is 5.69 Å². The average Bonchev–Trinajstić information content (AvgIpc) is 3.24. The number of ether oxygens (including phenoxy) is 3. The van der Waals surface area contributed by atoms with Crippen molar-refractivity contribution in [2.24, 2.45) is 4.99 Å². The van der Waals surface area contributed by atoms with Crippen molar-refractivity contribution >= 4 is 35.6 Å². The standard InChI is InChI=1S/C24H36N4O4.HI/c1-4-25-24(27-20-7-5-8-21(17-20)31-14-6-13-29-3)26-18-22(23-10-9-19(2)32-23)28-11-15-30-16-12-28;/h5,7-10,17,22H,4,6,11-16,18H2,1-3H3,(H2,25,26,27);1H. The maximum atomic E-state index is 5.96. The lowest BCUT2D eigenvalue weighted by molar-refractivity contribution is 0.0135. The van der Waals surface area contributed by atoms with Crippen LogP contribution in [0.5, 0.6) is 5.75 Å². The summed E-state index contributed by atoms with van der Waals surface area (Å²) in [4.78, 5) is 7.26.